The van der Waals surface area contributed by atoms with E-state index in [1.165, 1.54) is 30.3 Å². The molecule has 7 heteroatoms. The number of nitrogen functional groups attached to an aromatic ring is 1. The molecule has 4 N–H and O–H groups in total. The number of hydrogen-bond donors (Lipinski definition) is 3. The van der Waals surface area contributed by atoms with Crippen LogP contribution in [0.25, 0.3) is 0 Å². The summed E-state index contributed by atoms with van der Waals surface area (Å²) in [5, 5.41) is 0. The minimum Gasteiger partial charge on any atom is -0.324 e. The highest BCUT2D eigenvalue weighted by Gasteiger charge is 2.18. The molecule has 2 rings (SSSR count). The minimum atomic E-state index is -3.69. The maximum absolute atomic E-state index is 13.2. The topological polar surface area (TPSA) is 84.2 Å². The van der Waals surface area contributed by atoms with Gasteiger partial charge in [-0.05, 0) is 48.9 Å². The zero-order chi connectivity index (χ0) is 15.5. The summed E-state index contributed by atoms with van der Waals surface area (Å²) >= 11 is 0. The normalized spacial score (nSPS) is 12.9. The van der Waals surface area contributed by atoms with Gasteiger partial charge in [-0.15, -0.1) is 0 Å². The lowest BCUT2D eigenvalue weighted by Gasteiger charge is -2.15. The average molecular weight is 309 g/mol. The number of nitrogens with two attached hydrogens (primary N) is 1. The molecule has 0 amide bonds. The van der Waals surface area contributed by atoms with E-state index in [0.29, 0.717) is 11.3 Å². The van der Waals surface area contributed by atoms with Gasteiger partial charge in [-0.3, -0.25) is 5.84 Å². The number of halogens is 1. The van der Waals surface area contributed by atoms with Crippen LogP contribution in [0.1, 0.15) is 18.5 Å². The van der Waals surface area contributed by atoms with Gasteiger partial charge in [0.1, 0.15) is 5.82 Å². The number of benzene rings is 2. The molecule has 112 valence electrons. The second-order valence-electron chi connectivity index (χ2n) is 4.57. The zero-order valence-electron chi connectivity index (χ0n) is 11.4. The van der Waals surface area contributed by atoms with E-state index in [1.807, 2.05) is 0 Å². The maximum Gasteiger partial charge on any atom is 0.241 e. The number of sulfonamides is 1. The first-order chi connectivity index (χ1) is 9.92. The predicted molar refractivity (Wildman–Crippen MR) is 79.4 cm³/mol. The summed E-state index contributed by atoms with van der Waals surface area (Å²) in [5.74, 6) is 4.82. The van der Waals surface area contributed by atoms with Gasteiger partial charge in [0, 0.05) is 11.7 Å². The van der Waals surface area contributed by atoms with E-state index in [1.54, 1.807) is 25.1 Å². The molecule has 2 aromatic rings. The van der Waals surface area contributed by atoms with Crippen molar-refractivity contribution in [2.45, 2.75) is 17.9 Å². The van der Waals surface area contributed by atoms with E-state index in [9.17, 15) is 12.8 Å². The van der Waals surface area contributed by atoms with Gasteiger partial charge >= 0.3 is 0 Å². The summed E-state index contributed by atoms with van der Waals surface area (Å²) in [6.45, 7) is 1.65. The molecule has 1 atom stereocenters. The lowest BCUT2D eigenvalue weighted by molar-refractivity contribution is 0.564. The highest BCUT2D eigenvalue weighted by atomic mass is 32.2. The lowest BCUT2D eigenvalue weighted by Crippen LogP contribution is -2.27. The largest absolute Gasteiger partial charge is 0.324 e. The van der Waals surface area contributed by atoms with Gasteiger partial charge in [-0.2, -0.15) is 0 Å². The number of hydrogen-bond acceptors (Lipinski definition) is 4. The van der Waals surface area contributed by atoms with Gasteiger partial charge < -0.3 is 5.43 Å². The van der Waals surface area contributed by atoms with E-state index in [0.717, 1.165) is 0 Å². The monoisotopic (exact) mass is 309 g/mol. The van der Waals surface area contributed by atoms with Crippen molar-refractivity contribution in [2.75, 3.05) is 5.43 Å². The van der Waals surface area contributed by atoms with Crippen LogP contribution >= 0.6 is 0 Å². The Kier molecular flexibility index (Phi) is 4.56. The first-order valence-electron chi connectivity index (χ1n) is 6.27. The standard InChI is InChI=1S/C14H16FN3O2S/c1-10(11-3-2-4-12(15)9-11)18-21(19,20)14-7-5-13(17-16)6-8-14/h2-10,17-18H,16H2,1H3. The smallest absolute Gasteiger partial charge is 0.241 e. The Hall–Kier alpha value is -1.96. The van der Waals surface area contributed by atoms with Crippen LogP contribution in [0.3, 0.4) is 0 Å². The summed E-state index contributed by atoms with van der Waals surface area (Å²) in [6, 6.07) is 11.3. The van der Waals surface area contributed by atoms with Crippen molar-refractivity contribution < 1.29 is 12.8 Å². The van der Waals surface area contributed by atoms with Gasteiger partial charge in [-0.25, -0.2) is 17.5 Å². The van der Waals surface area contributed by atoms with Gasteiger partial charge in [0.2, 0.25) is 10.0 Å². The Morgan fingerprint density at radius 1 is 1.14 bits per heavy atom. The summed E-state index contributed by atoms with van der Waals surface area (Å²) in [7, 11) is -3.69. The van der Waals surface area contributed by atoms with Crippen LogP contribution in [-0.4, -0.2) is 8.42 Å². The molecule has 5 nitrogen and oxygen atoms in total. The quantitative estimate of drug-likeness (QED) is 0.583. The molecule has 1 unspecified atom stereocenters. The summed E-state index contributed by atoms with van der Waals surface area (Å²) in [5.41, 5.74) is 3.58. The zero-order valence-corrected chi connectivity index (χ0v) is 12.2. The molecule has 0 fully saturated rings. The molecular weight excluding hydrogens is 293 g/mol. The van der Waals surface area contributed by atoms with Crippen molar-refractivity contribution in [3.63, 3.8) is 0 Å². The molecular formula is C14H16FN3O2S. The van der Waals surface area contributed by atoms with E-state index in [4.69, 9.17) is 5.84 Å². The minimum absolute atomic E-state index is 0.116. The molecule has 0 saturated carbocycles. The van der Waals surface area contributed by atoms with E-state index in [2.05, 4.69) is 10.1 Å². The molecule has 0 radical (unpaired) electrons. The van der Waals surface area contributed by atoms with Crippen LogP contribution < -0.4 is 16.0 Å². The van der Waals surface area contributed by atoms with Crippen LogP contribution in [-0.2, 0) is 10.0 Å². The molecule has 0 heterocycles. The highest BCUT2D eigenvalue weighted by Crippen LogP contribution is 2.18. The first kappa shape index (κ1) is 15.4. The third kappa shape index (κ3) is 3.78. The van der Waals surface area contributed by atoms with Gasteiger partial charge in [0.25, 0.3) is 0 Å². The fourth-order valence-electron chi connectivity index (χ4n) is 1.88. The lowest BCUT2D eigenvalue weighted by atomic mass is 10.1. The molecule has 0 saturated heterocycles. The Labute approximate surface area is 123 Å². The van der Waals surface area contributed by atoms with Gasteiger partial charge in [0.15, 0.2) is 0 Å². The van der Waals surface area contributed by atoms with E-state index >= 15 is 0 Å². The molecule has 0 aliphatic rings. The second kappa shape index (κ2) is 6.21. The molecule has 2 aromatic carbocycles. The Balaban J connectivity index is 2.20. The van der Waals surface area contributed by atoms with Crippen molar-refractivity contribution in [1.82, 2.24) is 4.72 Å². The van der Waals surface area contributed by atoms with Crippen LogP contribution in [0.4, 0.5) is 10.1 Å². The Bertz CT molecular complexity index is 717. The number of anilines is 1. The SMILES string of the molecule is CC(NS(=O)(=O)c1ccc(NN)cc1)c1cccc(F)c1. The van der Waals surface area contributed by atoms with Crippen LogP contribution in [0.5, 0.6) is 0 Å². The van der Waals surface area contributed by atoms with Crippen molar-refractivity contribution in [3.05, 3.63) is 59.9 Å². The first-order valence-corrected chi connectivity index (χ1v) is 7.75. The average Bonchev–Trinajstić information content (AvgIpc) is 2.47. The van der Waals surface area contributed by atoms with Crippen molar-refractivity contribution in [2.24, 2.45) is 5.84 Å². The fraction of sp³-hybridized carbons (Fsp3) is 0.143. The van der Waals surface area contributed by atoms with Crippen molar-refractivity contribution in [3.8, 4) is 0 Å². The van der Waals surface area contributed by atoms with Crippen molar-refractivity contribution in [1.29, 1.82) is 0 Å². The van der Waals surface area contributed by atoms with E-state index < -0.39 is 21.9 Å². The summed E-state index contributed by atoms with van der Waals surface area (Å²) in [4.78, 5) is 0.116. The molecule has 0 aliphatic heterocycles. The van der Waals surface area contributed by atoms with Crippen LogP contribution in [0.2, 0.25) is 0 Å². The van der Waals surface area contributed by atoms with Crippen LogP contribution in [0, 0.1) is 5.82 Å². The molecule has 0 aliphatic carbocycles. The predicted octanol–water partition coefficient (Wildman–Crippen LogP) is 2.15. The highest BCUT2D eigenvalue weighted by molar-refractivity contribution is 7.89. The third-order valence-corrected chi connectivity index (χ3v) is 4.57. The summed E-state index contributed by atoms with van der Waals surface area (Å²) < 4.78 is 40.2. The maximum atomic E-state index is 13.2. The Morgan fingerprint density at radius 3 is 2.38 bits per heavy atom. The van der Waals surface area contributed by atoms with Crippen molar-refractivity contribution >= 4 is 15.7 Å². The molecule has 0 bridgehead atoms. The summed E-state index contributed by atoms with van der Waals surface area (Å²) in [6.07, 6.45) is 0. The van der Waals surface area contributed by atoms with E-state index in [-0.39, 0.29) is 4.90 Å². The molecule has 21 heavy (non-hydrogen) atoms. The third-order valence-electron chi connectivity index (χ3n) is 3.01. The number of hydrazine groups is 1. The Morgan fingerprint density at radius 2 is 1.81 bits per heavy atom. The number of nitrogens with one attached hydrogen (secondary N) is 2. The molecule has 0 aromatic heterocycles. The fourth-order valence-corrected chi connectivity index (χ4v) is 3.11. The molecule has 0 spiro atoms. The number of rotatable bonds is 5. The second-order valence-corrected chi connectivity index (χ2v) is 6.28. The van der Waals surface area contributed by atoms with Crippen LogP contribution in [0.15, 0.2) is 53.4 Å². The van der Waals surface area contributed by atoms with Gasteiger partial charge in [-0.1, -0.05) is 12.1 Å². The van der Waals surface area contributed by atoms with Gasteiger partial charge in [0.05, 0.1) is 4.90 Å².